The first kappa shape index (κ1) is 10.7. The third kappa shape index (κ3) is 1.77. The van der Waals surface area contributed by atoms with Crippen LogP contribution in [0.5, 0.6) is 5.75 Å². The first-order valence-electron chi connectivity index (χ1n) is 4.36. The van der Waals surface area contributed by atoms with Crippen LogP contribution in [0.4, 0.5) is 0 Å². The van der Waals surface area contributed by atoms with Crippen molar-refractivity contribution < 1.29 is 14.6 Å². The van der Waals surface area contributed by atoms with Gasteiger partial charge < -0.3 is 14.6 Å². The van der Waals surface area contributed by atoms with E-state index in [1.165, 1.54) is 13.3 Å². The standard InChI is InChI=1S/C9H14N2O3/c1-6(2)11-9(7(13)5-12)8(14-3)4-10-11/h4-7,13H,1-3H3. The predicted octanol–water partition coefficient (Wildman–Crippen LogP) is 0.705. The summed E-state index contributed by atoms with van der Waals surface area (Å²) in [6, 6.07) is 0.0727. The van der Waals surface area contributed by atoms with Crippen molar-refractivity contribution in [1.82, 2.24) is 9.78 Å². The molecule has 0 saturated heterocycles. The van der Waals surface area contributed by atoms with Crippen molar-refractivity contribution in [2.24, 2.45) is 0 Å². The molecule has 0 saturated carbocycles. The molecule has 0 aliphatic rings. The number of hydrogen-bond acceptors (Lipinski definition) is 4. The zero-order valence-corrected chi connectivity index (χ0v) is 8.47. The van der Waals surface area contributed by atoms with Crippen LogP contribution < -0.4 is 4.74 Å². The van der Waals surface area contributed by atoms with Crippen molar-refractivity contribution in [2.75, 3.05) is 7.11 Å². The molecule has 0 bridgehead atoms. The number of methoxy groups -OCH3 is 1. The Balaban J connectivity index is 3.18. The number of carbonyl (C=O) groups excluding carboxylic acids is 1. The number of carbonyl (C=O) groups is 1. The van der Waals surface area contributed by atoms with Crippen molar-refractivity contribution in [3.05, 3.63) is 11.9 Å². The average Bonchev–Trinajstić information content (AvgIpc) is 2.59. The lowest BCUT2D eigenvalue weighted by Crippen LogP contribution is -2.12. The molecule has 0 spiro atoms. The van der Waals surface area contributed by atoms with Gasteiger partial charge in [-0.3, -0.25) is 4.68 Å². The zero-order chi connectivity index (χ0) is 10.7. The molecule has 0 aromatic carbocycles. The van der Waals surface area contributed by atoms with Gasteiger partial charge in [-0.25, -0.2) is 0 Å². The lowest BCUT2D eigenvalue weighted by atomic mass is 10.2. The van der Waals surface area contributed by atoms with Gasteiger partial charge in [0.1, 0.15) is 5.69 Å². The number of rotatable bonds is 4. The van der Waals surface area contributed by atoms with Gasteiger partial charge in [0.25, 0.3) is 0 Å². The van der Waals surface area contributed by atoms with Crippen LogP contribution in [0.25, 0.3) is 0 Å². The molecule has 1 N–H and O–H groups in total. The molecule has 1 aromatic rings. The van der Waals surface area contributed by atoms with Gasteiger partial charge in [0.2, 0.25) is 0 Å². The Bertz CT molecular complexity index is 320. The average molecular weight is 198 g/mol. The second-order valence-corrected chi connectivity index (χ2v) is 3.22. The van der Waals surface area contributed by atoms with Gasteiger partial charge in [0.05, 0.1) is 13.3 Å². The fourth-order valence-electron chi connectivity index (χ4n) is 1.27. The van der Waals surface area contributed by atoms with E-state index in [4.69, 9.17) is 4.74 Å². The summed E-state index contributed by atoms with van der Waals surface area (Å²) >= 11 is 0. The molecule has 14 heavy (non-hydrogen) atoms. The Morgan fingerprint density at radius 3 is 2.71 bits per heavy atom. The van der Waals surface area contributed by atoms with E-state index in [0.29, 0.717) is 17.7 Å². The molecule has 1 aromatic heterocycles. The maximum Gasteiger partial charge on any atom is 0.163 e. The summed E-state index contributed by atoms with van der Waals surface area (Å²) in [5.74, 6) is 0.429. The summed E-state index contributed by atoms with van der Waals surface area (Å²) in [5, 5.41) is 13.5. The van der Waals surface area contributed by atoms with Gasteiger partial charge in [-0.15, -0.1) is 0 Å². The first-order chi connectivity index (χ1) is 6.61. The van der Waals surface area contributed by atoms with E-state index in [2.05, 4.69) is 5.10 Å². The number of aromatic nitrogens is 2. The molecule has 0 aliphatic heterocycles. The summed E-state index contributed by atoms with van der Waals surface area (Å²) < 4.78 is 6.56. The van der Waals surface area contributed by atoms with Crippen LogP contribution in [-0.2, 0) is 4.79 Å². The Morgan fingerprint density at radius 2 is 2.29 bits per heavy atom. The van der Waals surface area contributed by atoms with E-state index in [9.17, 15) is 9.90 Å². The Hall–Kier alpha value is -1.36. The molecule has 1 heterocycles. The minimum absolute atomic E-state index is 0.0727. The second-order valence-electron chi connectivity index (χ2n) is 3.22. The molecule has 5 heteroatoms. The Kier molecular flexibility index (Phi) is 3.24. The molecular weight excluding hydrogens is 184 g/mol. The molecule has 1 unspecified atom stereocenters. The Morgan fingerprint density at radius 1 is 1.64 bits per heavy atom. The highest BCUT2D eigenvalue weighted by Gasteiger charge is 2.20. The van der Waals surface area contributed by atoms with Crippen LogP contribution in [-0.4, -0.2) is 28.3 Å². The summed E-state index contributed by atoms with van der Waals surface area (Å²) in [7, 11) is 1.47. The minimum Gasteiger partial charge on any atom is -0.493 e. The largest absolute Gasteiger partial charge is 0.493 e. The van der Waals surface area contributed by atoms with Gasteiger partial charge in [-0.05, 0) is 13.8 Å². The van der Waals surface area contributed by atoms with Crippen molar-refractivity contribution in [2.45, 2.75) is 26.0 Å². The Labute approximate surface area is 82.3 Å². The number of aliphatic hydroxyl groups is 1. The highest BCUT2D eigenvalue weighted by molar-refractivity contribution is 5.60. The van der Waals surface area contributed by atoms with Gasteiger partial charge >= 0.3 is 0 Å². The summed E-state index contributed by atoms with van der Waals surface area (Å²) in [5.41, 5.74) is 0.400. The van der Waals surface area contributed by atoms with E-state index in [0.717, 1.165) is 0 Å². The van der Waals surface area contributed by atoms with Crippen LogP contribution in [0.2, 0.25) is 0 Å². The third-order valence-corrected chi connectivity index (χ3v) is 1.92. The molecule has 1 rings (SSSR count). The number of ether oxygens (including phenoxy) is 1. The molecule has 0 aliphatic carbocycles. The highest BCUT2D eigenvalue weighted by Crippen LogP contribution is 2.26. The SMILES string of the molecule is COc1cnn(C(C)C)c1C(O)C=O. The fraction of sp³-hybridized carbons (Fsp3) is 0.556. The summed E-state index contributed by atoms with van der Waals surface area (Å²) in [6.45, 7) is 3.82. The molecule has 5 nitrogen and oxygen atoms in total. The molecule has 0 fully saturated rings. The first-order valence-corrected chi connectivity index (χ1v) is 4.36. The van der Waals surface area contributed by atoms with E-state index in [-0.39, 0.29) is 6.04 Å². The van der Waals surface area contributed by atoms with Gasteiger partial charge in [0, 0.05) is 6.04 Å². The third-order valence-electron chi connectivity index (χ3n) is 1.92. The lowest BCUT2D eigenvalue weighted by molar-refractivity contribution is -0.115. The second kappa shape index (κ2) is 4.23. The van der Waals surface area contributed by atoms with Crippen LogP contribution in [0.1, 0.15) is 31.7 Å². The molecular formula is C9H14N2O3. The maximum atomic E-state index is 10.5. The molecule has 78 valence electrons. The normalized spacial score (nSPS) is 12.9. The number of aldehydes is 1. The number of hydrogen-bond donors (Lipinski definition) is 1. The van der Waals surface area contributed by atoms with E-state index < -0.39 is 6.10 Å². The van der Waals surface area contributed by atoms with E-state index >= 15 is 0 Å². The van der Waals surface area contributed by atoms with Crippen LogP contribution >= 0.6 is 0 Å². The van der Waals surface area contributed by atoms with Gasteiger partial charge in [-0.1, -0.05) is 0 Å². The number of aliphatic hydroxyl groups excluding tert-OH is 1. The molecule has 0 amide bonds. The van der Waals surface area contributed by atoms with Crippen LogP contribution in [0.15, 0.2) is 6.20 Å². The monoisotopic (exact) mass is 198 g/mol. The van der Waals surface area contributed by atoms with E-state index in [1.807, 2.05) is 13.8 Å². The summed E-state index contributed by atoms with van der Waals surface area (Å²) in [4.78, 5) is 10.5. The molecule has 1 atom stereocenters. The number of nitrogens with zero attached hydrogens (tertiary/aromatic N) is 2. The van der Waals surface area contributed by atoms with Gasteiger partial charge in [0.15, 0.2) is 18.1 Å². The van der Waals surface area contributed by atoms with Crippen LogP contribution in [0.3, 0.4) is 0 Å². The quantitative estimate of drug-likeness (QED) is 0.723. The lowest BCUT2D eigenvalue weighted by Gasteiger charge is -2.13. The fourth-order valence-corrected chi connectivity index (χ4v) is 1.27. The maximum absolute atomic E-state index is 10.5. The van der Waals surface area contributed by atoms with Crippen LogP contribution in [0, 0.1) is 0 Å². The van der Waals surface area contributed by atoms with Crippen molar-refractivity contribution in [1.29, 1.82) is 0 Å². The smallest absolute Gasteiger partial charge is 0.163 e. The molecule has 0 radical (unpaired) electrons. The topological polar surface area (TPSA) is 64.3 Å². The van der Waals surface area contributed by atoms with E-state index in [1.54, 1.807) is 4.68 Å². The van der Waals surface area contributed by atoms with Crippen molar-refractivity contribution in [3.63, 3.8) is 0 Å². The van der Waals surface area contributed by atoms with Crippen molar-refractivity contribution >= 4 is 6.29 Å². The van der Waals surface area contributed by atoms with Gasteiger partial charge in [-0.2, -0.15) is 5.10 Å². The zero-order valence-electron chi connectivity index (χ0n) is 8.47. The predicted molar refractivity (Wildman–Crippen MR) is 50.2 cm³/mol. The summed E-state index contributed by atoms with van der Waals surface area (Å²) in [6.07, 6.45) is 0.760. The highest BCUT2D eigenvalue weighted by atomic mass is 16.5. The van der Waals surface area contributed by atoms with Crippen molar-refractivity contribution in [3.8, 4) is 5.75 Å². The minimum atomic E-state index is -1.19.